The molecule has 1 N–H and O–H groups in total. The topological polar surface area (TPSA) is 12.0 Å². The van der Waals surface area contributed by atoms with Gasteiger partial charge in [0, 0.05) is 0 Å². The lowest BCUT2D eigenvalue weighted by Gasteiger charge is -2.15. The summed E-state index contributed by atoms with van der Waals surface area (Å²) in [5.74, 6) is 0. The zero-order valence-electron chi connectivity index (χ0n) is 5.88. The van der Waals surface area contributed by atoms with Crippen LogP contribution >= 0.6 is 23.2 Å². The first kappa shape index (κ1) is 9.97. The molecule has 0 aliphatic heterocycles. The highest BCUT2D eigenvalue weighted by Gasteiger charge is 2.20. The molecule has 0 aliphatic carbocycles. The van der Waals surface area contributed by atoms with Crippen LogP contribution in [0.25, 0.3) is 0 Å². The van der Waals surface area contributed by atoms with Crippen molar-refractivity contribution >= 4 is 42.6 Å². The van der Waals surface area contributed by atoms with Crippen molar-refractivity contribution in [3.63, 3.8) is 0 Å². The summed E-state index contributed by atoms with van der Waals surface area (Å²) in [6, 6.07) is 0. The van der Waals surface area contributed by atoms with Crippen LogP contribution in [0.5, 0.6) is 0 Å². The maximum Gasteiger partial charge on any atom is 0.127 e. The molecule has 0 rings (SSSR count). The van der Waals surface area contributed by atoms with E-state index in [-0.39, 0.29) is 9.68 Å². The van der Waals surface area contributed by atoms with E-state index in [1.165, 1.54) is 0 Å². The predicted octanol–water partition coefficient (Wildman–Crippen LogP) is 0.333. The standard InChI is InChI=1S/C4H13Cl2NSi2/c1-3-4(5,6)9-7-8-2/h7H,3,8-9H2,1-2H3. The van der Waals surface area contributed by atoms with Gasteiger partial charge in [0.1, 0.15) is 13.6 Å². The summed E-state index contributed by atoms with van der Waals surface area (Å²) in [5, 5.41) is 0. The van der Waals surface area contributed by atoms with Crippen LogP contribution < -0.4 is 4.65 Å². The highest BCUT2D eigenvalue weighted by molar-refractivity contribution is 6.74. The Kier molecular flexibility index (Phi) is 5.25. The third-order valence-corrected chi connectivity index (χ3v) is 6.50. The van der Waals surface area contributed by atoms with Crippen LogP contribution in [0.1, 0.15) is 13.3 Å². The Labute approximate surface area is 71.3 Å². The van der Waals surface area contributed by atoms with Crippen molar-refractivity contribution < 1.29 is 0 Å². The van der Waals surface area contributed by atoms with Gasteiger partial charge in [-0.25, -0.2) is 0 Å². The molecule has 0 radical (unpaired) electrons. The van der Waals surface area contributed by atoms with Crippen molar-refractivity contribution in [1.82, 2.24) is 4.65 Å². The van der Waals surface area contributed by atoms with Gasteiger partial charge in [-0.3, -0.25) is 0 Å². The highest BCUT2D eigenvalue weighted by Crippen LogP contribution is 2.21. The minimum atomic E-state index is -0.418. The molecule has 0 saturated heterocycles. The molecule has 0 atom stereocenters. The predicted molar refractivity (Wildman–Crippen MR) is 50.8 cm³/mol. The first-order chi connectivity index (χ1) is 4.12. The van der Waals surface area contributed by atoms with E-state index < -0.39 is 13.6 Å². The van der Waals surface area contributed by atoms with Crippen molar-refractivity contribution in [3.05, 3.63) is 0 Å². The molecule has 0 aromatic carbocycles. The minimum Gasteiger partial charge on any atom is -0.367 e. The van der Waals surface area contributed by atoms with E-state index in [0.717, 1.165) is 6.42 Å². The van der Waals surface area contributed by atoms with Gasteiger partial charge in [0.25, 0.3) is 0 Å². The summed E-state index contributed by atoms with van der Waals surface area (Å²) in [7, 11) is -0.451. The molecule has 0 bridgehead atoms. The fourth-order valence-electron chi connectivity index (χ4n) is 0.433. The number of halogens is 2. The molecule has 0 heterocycles. The molecule has 9 heavy (non-hydrogen) atoms. The van der Waals surface area contributed by atoms with Gasteiger partial charge in [-0.15, -0.1) is 23.2 Å². The van der Waals surface area contributed by atoms with Gasteiger partial charge >= 0.3 is 0 Å². The molecule has 0 aromatic heterocycles. The molecule has 0 amide bonds. The summed E-state index contributed by atoms with van der Waals surface area (Å²) < 4.78 is 2.95. The Bertz CT molecular complexity index is 79.0. The Morgan fingerprint density at radius 3 is 2.44 bits per heavy atom. The zero-order valence-corrected chi connectivity index (χ0v) is 10.2. The number of nitrogens with one attached hydrogen (secondary N) is 1. The van der Waals surface area contributed by atoms with Gasteiger partial charge in [-0.1, -0.05) is 13.5 Å². The summed E-state index contributed by atoms with van der Waals surface area (Å²) in [6.45, 7) is 4.22. The van der Waals surface area contributed by atoms with Crippen LogP contribution in [-0.4, -0.2) is 23.3 Å². The van der Waals surface area contributed by atoms with Gasteiger partial charge in [0.05, 0.1) is 9.68 Å². The third-order valence-electron chi connectivity index (χ3n) is 1.15. The SMILES string of the molecule is CCC(Cl)(Cl)[SiH2]N[SiH2]C. The molecule has 0 aromatic rings. The largest absolute Gasteiger partial charge is 0.367 e. The summed E-state index contributed by atoms with van der Waals surface area (Å²) in [4.78, 5) is 0. The molecule has 56 valence electrons. The maximum atomic E-state index is 5.89. The summed E-state index contributed by atoms with van der Waals surface area (Å²) >= 11 is 11.8. The van der Waals surface area contributed by atoms with E-state index in [0.29, 0.717) is 0 Å². The van der Waals surface area contributed by atoms with Crippen LogP contribution in [-0.2, 0) is 0 Å². The molecule has 5 heteroatoms. The van der Waals surface area contributed by atoms with Crippen LogP contribution in [0.2, 0.25) is 6.55 Å². The van der Waals surface area contributed by atoms with Crippen molar-refractivity contribution in [2.24, 2.45) is 0 Å². The third kappa shape index (κ3) is 5.42. The van der Waals surface area contributed by atoms with Crippen molar-refractivity contribution in [2.75, 3.05) is 0 Å². The lowest BCUT2D eigenvalue weighted by atomic mass is 10.6. The quantitative estimate of drug-likeness (QED) is 0.512. The summed E-state index contributed by atoms with van der Waals surface area (Å²) in [5.41, 5.74) is 0. The van der Waals surface area contributed by atoms with Crippen molar-refractivity contribution in [3.8, 4) is 0 Å². The molecular weight excluding hydrogens is 189 g/mol. The Hall–Kier alpha value is 0.974. The molecule has 0 aliphatic rings. The molecule has 0 unspecified atom stereocenters. The van der Waals surface area contributed by atoms with E-state index in [4.69, 9.17) is 23.2 Å². The second-order valence-electron chi connectivity index (χ2n) is 1.99. The zero-order chi connectivity index (χ0) is 7.33. The average molecular weight is 202 g/mol. The first-order valence-electron chi connectivity index (χ1n) is 3.21. The molecule has 0 spiro atoms. The number of rotatable bonds is 4. The van der Waals surface area contributed by atoms with Crippen LogP contribution in [0, 0.1) is 0 Å². The maximum absolute atomic E-state index is 5.89. The lowest BCUT2D eigenvalue weighted by Crippen LogP contribution is -2.35. The molecular formula is C4H13Cl2NSi2. The normalized spacial score (nSPS) is 14.7. The Morgan fingerprint density at radius 2 is 2.11 bits per heavy atom. The van der Waals surface area contributed by atoms with Crippen LogP contribution in [0.3, 0.4) is 0 Å². The fraction of sp³-hybridized carbons (Fsp3) is 1.00. The number of hydrogen-bond donors (Lipinski definition) is 1. The monoisotopic (exact) mass is 201 g/mol. The second-order valence-corrected chi connectivity index (χ2v) is 8.79. The van der Waals surface area contributed by atoms with Gasteiger partial charge in [-0.05, 0) is 6.42 Å². The number of hydrogen-bond acceptors (Lipinski definition) is 1. The average Bonchev–Trinajstić information content (AvgIpc) is 1.84. The van der Waals surface area contributed by atoms with E-state index in [9.17, 15) is 0 Å². The second kappa shape index (κ2) is 4.74. The van der Waals surface area contributed by atoms with E-state index in [1.807, 2.05) is 6.92 Å². The highest BCUT2D eigenvalue weighted by atomic mass is 35.5. The Morgan fingerprint density at radius 1 is 1.56 bits per heavy atom. The van der Waals surface area contributed by atoms with Crippen molar-refractivity contribution in [2.45, 2.75) is 23.8 Å². The van der Waals surface area contributed by atoms with Crippen molar-refractivity contribution in [1.29, 1.82) is 0 Å². The lowest BCUT2D eigenvalue weighted by molar-refractivity contribution is 0.954. The van der Waals surface area contributed by atoms with Crippen LogP contribution in [0.15, 0.2) is 0 Å². The Balaban J connectivity index is 3.33. The number of alkyl halides is 2. The molecule has 1 nitrogen and oxygen atoms in total. The summed E-state index contributed by atoms with van der Waals surface area (Å²) in [6.07, 6.45) is 0.865. The van der Waals surface area contributed by atoms with E-state index in [2.05, 4.69) is 11.2 Å². The van der Waals surface area contributed by atoms with Crippen LogP contribution in [0.4, 0.5) is 0 Å². The van der Waals surface area contributed by atoms with Gasteiger partial charge in [-0.2, -0.15) is 0 Å². The van der Waals surface area contributed by atoms with E-state index >= 15 is 0 Å². The first-order valence-corrected chi connectivity index (χ1v) is 7.50. The smallest absolute Gasteiger partial charge is 0.127 e. The fourth-order valence-corrected chi connectivity index (χ4v) is 4.85. The molecule has 0 fully saturated rings. The van der Waals surface area contributed by atoms with Gasteiger partial charge in [0.15, 0.2) is 0 Å². The van der Waals surface area contributed by atoms with E-state index in [1.54, 1.807) is 0 Å². The van der Waals surface area contributed by atoms with Gasteiger partial charge < -0.3 is 4.65 Å². The molecule has 0 saturated carbocycles. The van der Waals surface area contributed by atoms with Gasteiger partial charge in [0.2, 0.25) is 0 Å². The minimum absolute atomic E-state index is 0.0323.